The van der Waals surface area contributed by atoms with Gasteiger partial charge in [0.15, 0.2) is 0 Å². The molecule has 1 aromatic carbocycles. The average molecular weight is 131 g/mol. The van der Waals surface area contributed by atoms with E-state index in [9.17, 15) is 0 Å². The van der Waals surface area contributed by atoms with Crippen LogP contribution in [0.15, 0.2) is 18.2 Å². The molecule has 0 aliphatic rings. The van der Waals surface area contributed by atoms with Gasteiger partial charge in [0.05, 0.1) is 0 Å². The van der Waals surface area contributed by atoms with Crippen molar-refractivity contribution in [3.8, 4) is 0 Å². The summed E-state index contributed by atoms with van der Waals surface area (Å²) in [4.78, 5) is 0. The van der Waals surface area contributed by atoms with Crippen molar-refractivity contribution >= 4 is 12.7 Å². The fourth-order valence-corrected chi connectivity index (χ4v) is 1.15. The Labute approximate surface area is 63.5 Å². The van der Waals surface area contributed by atoms with Crippen molar-refractivity contribution in [1.82, 2.24) is 0 Å². The van der Waals surface area contributed by atoms with Crippen molar-refractivity contribution in [3.63, 3.8) is 0 Å². The molecule has 0 atom stereocenters. The first kappa shape index (κ1) is 7.39. The molecule has 0 N–H and O–H groups in total. The van der Waals surface area contributed by atoms with Gasteiger partial charge >= 0.3 is 0 Å². The molecule has 1 aromatic rings. The van der Waals surface area contributed by atoms with E-state index >= 15 is 0 Å². The van der Waals surface area contributed by atoms with Crippen molar-refractivity contribution in [1.29, 1.82) is 0 Å². The largest absolute Gasteiger partial charge is 0.148 e. The van der Waals surface area contributed by atoms with Crippen LogP contribution >= 0.6 is 0 Å². The van der Waals surface area contributed by atoms with Gasteiger partial charge in [-0.15, -0.1) is 0 Å². The number of rotatable bonds is 1. The Morgan fingerprint density at radius 1 is 1.20 bits per heavy atom. The quantitative estimate of drug-likeness (QED) is 0.508. The van der Waals surface area contributed by atoms with Gasteiger partial charge in [-0.3, -0.25) is 0 Å². The van der Waals surface area contributed by atoms with E-state index in [2.05, 4.69) is 46.1 Å². The Bertz CT molecular complexity index is 228. The van der Waals surface area contributed by atoms with Crippen LogP contribution in [-0.4, -0.2) is 7.28 Å². The van der Waals surface area contributed by atoms with Crippen LogP contribution in [0, 0.1) is 13.8 Å². The molecule has 1 radical (unpaired) electrons. The molecule has 0 saturated heterocycles. The molecular weight excluding hydrogens is 119 g/mol. The third-order valence-electron chi connectivity index (χ3n) is 1.74. The predicted molar refractivity (Wildman–Crippen MR) is 47.2 cm³/mol. The van der Waals surface area contributed by atoms with E-state index in [-0.39, 0.29) is 0 Å². The van der Waals surface area contributed by atoms with E-state index < -0.39 is 0 Å². The predicted octanol–water partition coefficient (Wildman–Crippen LogP) is 1.68. The second-order valence-electron chi connectivity index (χ2n) is 2.65. The standard InChI is InChI=1S/C9H12B/c1-7-4-5-9(10-3)8(2)6-7/h4-6H,1-3H3. The molecule has 0 heterocycles. The maximum atomic E-state index is 2.20. The van der Waals surface area contributed by atoms with Crippen LogP contribution < -0.4 is 5.46 Å². The summed E-state index contributed by atoms with van der Waals surface area (Å²) in [6.45, 7) is 6.33. The van der Waals surface area contributed by atoms with Gasteiger partial charge in [0.25, 0.3) is 0 Å². The Balaban J connectivity index is 3.07. The minimum atomic E-state index is 1.34. The fraction of sp³-hybridized carbons (Fsp3) is 0.333. The van der Waals surface area contributed by atoms with Gasteiger partial charge in [-0.05, 0) is 13.8 Å². The SMILES string of the molecule is C[B]c1ccc(C)cc1C. The van der Waals surface area contributed by atoms with Crippen molar-refractivity contribution in [2.75, 3.05) is 0 Å². The van der Waals surface area contributed by atoms with Gasteiger partial charge in [-0.25, -0.2) is 0 Å². The molecule has 1 rings (SSSR count). The summed E-state index contributed by atoms with van der Waals surface area (Å²) in [6, 6.07) is 6.50. The Kier molecular flexibility index (Phi) is 2.15. The van der Waals surface area contributed by atoms with E-state index in [4.69, 9.17) is 0 Å². The zero-order valence-electron chi connectivity index (χ0n) is 6.81. The summed E-state index contributed by atoms with van der Waals surface area (Å²) >= 11 is 0. The summed E-state index contributed by atoms with van der Waals surface area (Å²) in [5, 5.41) is 0. The molecule has 0 unspecified atom stereocenters. The number of hydrogen-bond acceptors (Lipinski definition) is 0. The topological polar surface area (TPSA) is 0 Å². The molecule has 1 heteroatoms. The van der Waals surface area contributed by atoms with Gasteiger partial charge in [0.2, 0.25) is 0 Å². The molecule has 51 valence electrons. The Morgan fingerprint density at radius 3 is 2.40 bits per heavy atom. The monoisotopic (exact) mass is 131 g/mol. The first-order chi connectivity index (χ1) is 4.74. The zero-order valence-corrected chi connectivity index (χ0v) is 6.81. The molecule has 0 saturated carbocycles. The summed E-state index contributed by atoms with van der Waals surface area (Å²) in [5.41, 5.74) is 4.04. The zero-order chi connectivity index (χ0) is 7.56. The number of benzene rings is 1. The molecule has 0 aliphatic carbocycles. The van der Waals surface area contributed by atoms with E-state index in [1.165, 1.54) is 16.6 Å². The number of hydrogen-bond donors (Lipinski definition) is 0. The summed E-state index contributed by atoms with van der Waals surface area (Å²) in [5.74, 6) is 0. The molecular formula is C9H12B. The van der Waals surface area contributed by atoms with Crippen molar-refractivity contribution in [2.24, 2.45) is 0 Å². The lowest BCUT2D eigenvalue weighted by molar-refractivity contribution is 1.41. The normalized spacial score (nSPS) is 9.50. The smallest absolute Gasteiger partial charge is 0.0872 e. The fourth-order valence-electron chi connectivity index (χ4n) is 1.15. The van der Waals surface area contributed by atoms with Gasteiger partial charge < -0.3 is 0 Å². The first-order valence-electron chi connectivity index (χ1n) is 3.60. The summed E-state index contributed by atoms with van der Waals surface area (Å²) in [6.07, 6.45) is 0. The third kappa shape index (κ3) is 1.41. The lowest BCUT2D eigenvalue weighted by Gasteiger charge is -2.01. The molecule has 0 nitrogen and oxygen atoms in total. The van der Waals surface area contributed by atoms with Crippen LogP contribution in [0.3, 0.4) is 0 Å². The van der Waals surface area contributed by atoms with Gasteiger partial charge in [-0.2, -0.15) is 0 Å². The van der Waals surface area contributed by atoms with Crippen molar-refractivity contribution in [3.05, 3.63) is 29.3 Å². The van der Waals surface area contributed by atoms with Crippen molar-refractivity contribution < 1.29 is 0 Å². The van der Waals surface area contributed by atoms with E-state index in [1.54, 1.807) is 0 Å². The lowest BCUT2D eigenvalue weighted by Crippen LogP contribution is -2.13. The highest BCUT2D eigenvalue weighted by atomic mass is 13.9. The molecule has 0 fully saturated rings. The summed E-state index contributed by atoms with van der Waals surface area (Å²) in [7, 11) is 2.13. The van der Waals surface area contributed by atoms with Crippen LogP contribution in [0.2, 0.25) is 6.82 Å². The third-order valence-corrected chi connectivity index (χ3v) is 1.74. The van der Waals surface area contributed by atoms with E-state index in [1.807, 2.05) is 0 Å². The highest BCUT2D eigenvalue weighted by Gasteiger charge is 1.94. The Hall–Kier alpha value is -0.715. The maximum Gasteiger partial charge on any atom is 0.148 e. The molecule has 0 amide bonds. The van der Waals surface area contributed by atoms with Crippen LogP contribution in [0.4, 0.5) is 0 Å². The molecule has 0 bridgehead atoms. The van der Waals surface area contributed by atoms with Gasteiger partial charge in [0.1, 0.15) is 7.28 Å². The minimum absolute atomic E-state index is 1.34. The van der Waals surface area contributed by atoms with Gasteiger partial charge in [-0.1, -0.05) is 41.6 Å². The van der Waals surface area contributed by atoms with E-state index in [0.29, 0.717) is 0 Å². The maximum absolute atomic E-state index is 2.20. The van der Waals surface area contributed by atoms with Crippen LogP contribution in [0.1, 0.15) is 11.1 Å². The molecule has 10 heavy (non-hydrogen) atoms. The first-order valence-corrected chi connectivity index (χ1v) is 3.60. The highest BCUT2D eigenvalue weighted by Crippen LogP contribution is 1.98. The second-order valence-corrected chi connectivity index (χ2v) is 2.65. The summed E-state index contributed by atoms with van der Waals surface area (Å²) < 4.78 is 0. The van der Waals surface area contributed by atoms with Crippen LogP contribution in [0.25, 0.3) is 0 Å². The molecule has 0 spiro atoms. The van der Waals surface area contributed by atoms with Crippen LogP contribution in [-0.2, 0) is 0 Å². The van der Waals surface area contributed by atoms with Crippen LogP contribution in [0.5, 0.6) is 0 Å². The minimum Gasteiger partial charge on any atom is -0.0872 e. The van der Waals surface area contributed by atoms with Gasteiger partial charge in [0, 0.05) is 0 Å². The highest BCUT2D eigenvalue weighted by molar-refractivity contribution is 6.52. The lowest BCUT2D eigenvalue weighted by atomic mass is 9.71. The molecule has 0 aromatic heterocycles. The average Bonchev–Trinajstić information content (AvgIpc) is 1.88. The van der Waals surface area contributed by atoms with Crippen molar-refractivity contribution in [2.45, 2.75) is 20.7 Å². The Morgan fingerprint density at radius 2 is 1.90 bits per heavy atom. The van der Waals surface area contributed by atoms with E-state index in [0.717, 1.165) is 0 Å². The number of aryl methyl sites for hydroxylation is 2. The second kappa shape index (κ2) is 2.91. The molecule has 0 aliphatic heterocycles.